The first-order valence-corrected chi connectivity index (χ1v) is 18.8. The molecule has 11 rings (SSSR count). The maximum absolute atomic E-state index is 6.22. The molecular weight excluding hydrogens is 669 g/mol. The average molecular weight is 703 g/mol. The summed E-state index contributed by atoms with van der Waals surface area (Å²) < 4.78 is 6.22. The van der Waals surface area contributed by atoms with Crippen LogP contribution in [-0.2, 0) is 0 Å². The molecule has 1 aromatic heterocycles. The van der Waals surface area contributed by atoms with Crippen LogP contribution in [0.1, 0.15) is 0 Å². The summed E-state index contributed by atoms with van der Waals surface area (Å²) in [6.45, 7) is 0. The molecule has 0 spiro atoms. The van der Waals surface area contributed by atoms with Crippen LogP contribution in [-0.4, -0.2) is 0 Å². The van der Waals surface area contributed by atoms with Crippen LogP contribution in [0.2, 0.25) is 0 Å². The van der Waals surface area contributed by atoms with Gasteiger partial charge < -0.3 is 14.2 Å². The van der Waals surface area contributed by atoms with E-state index in [2.05, 4.69) is 204 Å². The van der Waals surface area contributed by atoms with Crippen LogP contribution < -0.4 is 9.80 Å². The van der Waals surface area contributed by atoms with Crippen molar-refractivity contribution in [3.05, 3.63) is 206 Å². The van der Waals surface area contributed by atoms with Gasteiger partial charge in [0.1, 0.15) is 11.2 Å². The first-order chi connectivity index (χ1) is 27.3. The molecule has 3 heteroatoms. The highest BCUT2D eigenvalue weighted by Gasteiger charge is 2.26. The summed E-state index contributed by atoms with van der Waals surface area (Å²) in [6.07, 6.45) is 0. The maximum atomic E-state index is 6.22. The molecule has 0 unspecified atom stereocenters. The fourth-order valence-corrected chi connectivity index (χ4v) is 8.46. The zero-order chi connectivity index (χ0) is 36.3. The van der Waals surface area contributed by atoms with E-state index in [4.69, 9.17) is 4.42 Å². The molecule has 55 heavy (non-hydrogen) atoms. The third-order valence-electron chi connectivity index (χ3n) is 11.0. The third kappa shape index (κ3) is 5.13. The summed E-state index contributed by atoms with van der Waals surface area (Å²) in [6, 6.07) is 74.0. The molecule has 1 aliphatic heterocycles. The van der Waals surface area contributed by atoms with Gasteiger partial charge in [-0.3, -0.25) is 0 Å². The summed E-state index contributed by atoms with van der Waals surface area (Å²) in [5, 5.41) is 4.73. The Morgan fingerprint density at radius 3 is 1.73 bits per heavy atom. The standard InChI is InChI=1S/C52H34N2O/c1-3-12-35(13-4-1)36-22-26-39(27-23-36)53(41-30-33-51-47(34-41)44-17-8-10-21-50(44)55-51)40-28-24-37(25-29-40)42-31-32-46-43-16-7-9-19-48(43)54(38-14-5-2-6-15-38)49-20-11-18-45(42)52(46)49/h1-34H. The van der Waals surface area contributed by atoms with Gasteiger partial charge in [0.25, 0.3) is 0 Å². The molecule has 3 nitrogen and oxygen atoms in total. The zero-order valence-electron chi connectivity index (χ0n) is 29.9. The van der Waals surface area contributed by atoms with Crippen molar-refractivity contribution in [2.75, 3.05) is 9.80 Å². The molecule has 0 saturated heterocycles. The van der Waals surface area contributed by atoms with E-state index in [0.717, 1.165) is 44.7 Å². The minimum absolute atomic E-state index is 0.885. The van der Waals surface area contributed by atoms with Crippen molar-refractivity contribution >= 4 is 66.8 Å². The van der Waals surface area contributed by atoms with Crippen molar-refractivity contribution in [2.24, 2.45) is 0 Å². The zero-order valence-corrected chi connectivity index (χ0v) is 29.9. The number of hydrogen-bond acceptors (Lipinski definition) is 3. The Kier molecular flexibility index (Phi) is 7.17. The second-order valence-corrected chi connectivity index (χ2v) is 14.1. The van der Waals surface area contributed by atoms with Crippen LogP contribution in [0.3, 0.4) is 0 Å². The van der Waals surface area contributed by atoms with E-state index in [0.29, 0.717) is 0 Å². The molecule has 0 fully saturated rings. The summed E-state index contributed by atoms with van der Waals surface area (Å²) in [7, 11) is 0. The van der Waals surface area contributed by atoms with Crippen molar-refractivity contribution in [1.29, 1.82) is 0 Å². The fourth-order valence-electron chi connectivity index (χ4n) is 8.46. The molecular formula is C52H34N2O. The van der Waals surface area contributed by atoms with E-state index < -0.39 is 0 Å². The fraction of sp³-hybridized carbons (Fsp3) is 0. The first kappa shape index (κ1) is 31.2. The lowest BCUT2D eigenvalue weighted by Gasteiger charge is -2.34. The van der Waals surface area contributed by atoms with E-state index in [-0.39, 0.29) is 0 Å². The van der Waals surface area contributed by atoms with Gasteiger partial charge in [-0.05, 0) is 106 Å². The Bertz CT molecular complexity index is 3020. The van der Waals surface area contributed by atoms with Crippen LogP contribution in [0.25, 0.3) is 66.1 Å². The normalized spacial score (nSPS) is 12.0. The molecule has 0 saturated carbocycles. The summed E-state index contributed by atoms with van der Waals surface area (Å²) in [5.41, 5.74) is 15.8. The predicted molar refractivity (Wildman–Crippen MR) is 230 cm³/mol. The molecule has 0 N–H and O–H groups in total. The lowest BCUT2D eigenvalue weighted by atomic mass is 9.87. The SMILES string of the molecule is c1ccc(-c2ccc(N(c3ccc(-c4ccc5c6c(cccc46)N(c4ccccc4)c4ccccc4-5)cc3)c3ccc4oc5ccccc5c4c3)cc2)cc1. The van der Waals surface area contributed by atoms with Gasteiger partial charge >= 0.3 is 0 Å². The van der Waals surface area contributed by atoms with Crippen molar-refractivity contribution in [1.82, 2.24) is 0 Å². The summed E-state index contributed by atoms with van der Waals surface area (Å²) >= 11 is 0. The van der Waals surface area contributed by atoms with E-state index in [9.17, 15) is 0 Å². The van der Waals surface area contributed by atoms with Gasteiger partial charge in [0.2, 0.25) is 0 Å². The molecule has 2 heterocycles. The number of furan rings is 1. The van der Waals surface area contributed by atoms with Crippen LogP contribution in [0.4, 0.5) is 34.1 Å². The molecule has 0 amide bonds. The Morgan fingerprint density at radius 2 is 0.927 bits per heavy atom. The predicted octanol–water partition coefficient (Wildman–Crippen LogP) is 15.0. The molecule has 258 valence electrons. The maximum Gasteiger partial charge on any atom is 0.135 e. The number of nitrogens with zero attached hydrogens (tertiary/aromatic N) is 2. The largest absolute Gasteiger partial charge is 0.456 e. The second-order valence-electron chi connectivity index (χ2n) is 14.1. The van der Waals surface area contributed by atoms with Gasteiger partial charge in [-0.2, -0.15) is 0 Å². The molecule has 0 aliphatic carbocycles. The second kappa shape index (κ2) is 12.6. The van der Waals surface area contributed by atoms with E-state index >= 15 is 0 Å². The van der Waals surface area contributed by atoms with Crippen molar-refractivity contribution in [2.45, 2.75) is 0 Å². The topological polar surface area (TPSA) is 19.6 Å². The Morgan fingerprint density at radius 1 is 0.345 bits per heavy atom. The lowest BCUT2D eigenvalue weighted by Crippen LogP contribution is -2.14. The molecule has 9 aromatic carbocycles. The Balaban J connectivity index is 1.04. The minimum Gasteiger partial charge on any atom is -0.456 e. The summed E-state index contributed by atoms with van der Waals surface area (Å²) in [5.74, 6) is 0. The Hall–Kier alpha value is -7.36. The average Bonchev–Trinajstić information content (AvgIpc) is 3.63. The van der Waals surface area contributed by atoms with E-state index in [1.807, 2.05) is 12.1 Å². The van der Waals surface area contributed by atoms with Gasteiger partial charge in [0, 0.05) is 44.5 Å². The van der Waals surface area contributed by atoms with Crippen LogP contribution in [0, 0.1) is 0 Å². The minimum atomic E-state index is 0.885. The number of anilines is 6. The molecule has 1 aliphatic rings. The molecule has 0 radical (unpaired) electrons. The van der Waals surface area contributed by atoms with Gasteiger partial charge in [-0.1, -0.05) is 133 Å². The van der Waals surface area contributed by atoms with Gasteiger partial charge in [0.05, 0.1) is 11.4 Å². The Labute approximate surface area is 319 Å². The number of hydrogen-bond donors (Lipinski definition) is 0. The van der Waals surface area contributed by atoms with E-state index in [1.54, 1.807) is 0 Å². The molecule has 10 aromatic rings. The van der Waals surface area contributed by atoms with Gasteiger partial charge in [-0.25, -0.2) is 0 Å². The number of fused-ring (bicyclic) bond motifs is 5. The highest BCUT2D eigenvalue weighted by Crippen LogP contribution is 2.52. The van der Waals surface area contributed by atoms with Gasteiger partial charge in [0.15, 0.2) is 0 Å². The third-order valence-corrected chi connectivity index (χ3v) is 11.0. The van der Waals surface area contributed by atoms with Crippen molar-refractivity contribution in [3.8, 4) is 33.4 Å². The number of rotatable bonds is 6. The van der Waals surface area contributed by atoms with Crippen LogP contribution in [0.5, 0.6) is 0 Å². The summed E-state index contributed by atoms with van der Waals surface area (Å²) in [4.78, 5) is 4.74. The first-order valence-electron chi connectivity index (χ1n) is 18.8. The van der Waals surface area contributed by atoms with Crippen molar-refractivity contribution < 1.29 is 4.42 Å². The number of para-hydroxylation sites is 3. The van der Waals surface area contributed by atoms with Crippen LogP contribution in [0.15, 0.2) is 211 Å². The van der Waals surface area contributed by atoms with Crippen molar-refractivity contribution in [3.63, 3.8) is 0 Å². The monoisotopic (exact) mass is 702 g/mol. The molecule has 0 atom stereocenters. The molecule has 0 bridgehead atoms. The van der Waals surface area contributed by atoms with Crippen LogP contribution >= 0.6 is 0 Å². The highest BCUT2D eigenvalue weighted by atomic mass is 16.3. The lowest BCUT2D eigenvalue weighted by molar-refractivity contribution is 0.669. The number of benzene rings is 9. The smallest absolute Gasteiger partial charge is 0.135 e. The quantitative estimate of drug-likeness (QED) is 0.172. The van der Waals surface area contributed by atoms with Gasteiger partial charge in [-0.15, -0.1) is 0 Å². The van der Waals surface area contributed by atoms with E-state index in [1.165, 1.54) is 55.5 Å². The highest BCUT2D eigenvalue weighted by molar-refractivity contribution is 6.17.